The van der Waals surface area contributed by atoms with E-state index < -0.39 is 0 Å². The fraction of sp³-hybridized carbons (Fsp3) is 0.258. The Morgan fingerprint density at radius 3 is 2.36 bits per heavy atom. The van der Waals surface area contributed by atoms with Crippen LogP contribution in [0.15, 0.2) is 72.9 Å². The molecular formula is C31H32N4O4. The van der Waals surface area contributed by atoms with Crippen LogP contribution in [0.3, 0.4) is 0 Å². The summed E-state index contributed by atoms with van der Waals surface area (Å²) in [5.74, 6) is 1.24. The zero-order valence-corrected chi connectivity index (χ0v) is 22.6. The summed E-state index contributed by atoms with van der Waals surface area (Å²) < 4.78 is 12.4. The summed E-state index contributed by atoms with van der Waals surface area (Å²) in [6.45, 7) is 4.04. The molecule has 0 aliphatic heterocycles. The Morgan fingerprint density at radius 1 is 0.949 bits per heavy atom. The van der Waals surface area contributed by atoms with Gasteiger partial charge in [-0.3, -0.25) is 19.5 Å². The molecule has 0 atom stereocenters. The van der Waals surface area contributed by atoms with E-state index in [1.807, 2.05) is 47.2 Å². The Balaban J connectivity index is 1.43. The van der Waals surface area contributed by atoms with Crippen molar-refractivity contribution < 1.29 is 19.1 Å². The van der Waals surface area contributed by atoms with Crippen LogP contribution in [0.1, 0.15) is 34.3 Å². The topological polar surface area (TPSA) is 85.7 Å². The van der Waals surface area contributed by atoms with Crippen LogP contribution in [0.5, 0.6) is 11.5 Å². The largest absolute Gasteiger partial charge is 0.497 e. The lowest BCUT2D eigenvalue weighted by molar-refractivity contribution is -0.117. The van der Waals surface area contributed by atoms with E-state index in [4.69, 9.17) is 14.5 Å². The lowest BCUT2D eigenvalue weighted by atomic mass is 10.1. The fourth-order valence-electron chi connectivity index (χ4n) is 4.44. The SMILES string of the molecule is COc1ccc(-c2cn(-c3ccc(C)c(C)c3)c(NC(=O)CN(C(=O)c3cccc(OC)c3)C3CC3)n2)cc1. The zero-order chi connectivity index (χ0) is 27.5. The van der Waals surface area contributed by atoms with Crippen molar-refractivity contribution in [3.63, 3.8) is 0 Å². The molecule has 8 heteroatoms. The van der Waals surface area contributed by atoms with Crippen LogP contribution in [0.2, 0.25) is 0 Å². The monoisotopic (exact) mass is 524 g/mol. The lowest BCUT2D eigenvalue weighted by Crippen LogP contribution is -2.39. The number of aromatic nitrogens is 2. The summed E-state index contributed by atoms with van der Waals surface area (Å²) in [5.41, 5.74) is 5.28. The lowest BCUT2D eigenvalue weighted by Gasteiger charge is -2.22. The van der Waals surface area contributed by atoms with Gasteiger partial charge in [-0.25, -0.2) is 4.98 Å². The highest BCUT2D eigenvalue weighted by Gasteiger charge is 2.34. The maximum absolute atomic E-state index is 13.3. The van der Waals surface area contributed by atoms with E-state index in [0.29, 0.717) is 23.0 Å². The van der Waals surface area contributed by atoms with Gasteiger partial charge < -0.3 is 14.4 Å². The average Bonchev–Trinajstić information content (AvgIpc) is 3.72. The summed E-state index contributed by atoms with van der Waals surface area (Å²) in [6, 6.07) is 20.8. The number of anilines is 1. The Bertz CT molecular complexity index is 1510. The van der Waals surface area contributed by atoms with E-state index in [2.05, 4.69) is 25.2 Å². The first kappa shape index (κ1) is 26.0. The van der Waals surface area contributed by atoms with E-state index in [0.717, 1.165) is 35.4 Å². The van der Waals surface area contributed by atoms with Crippen molar-refractivity contribution in [3.05, 3.63) is 89.6 Å². The zero-order valence-electron chi connectivity index (χ0n) is 22.6. The van der Waals surface area contributed by atoms with E-state index in [1.54, 1.807) is 43.4 Å². The molecule has 0 spiro atoms. The quantitative estimate of drug-likeness (QED) is 0.316. The standard InChI is InChI=1S/C31H32N4O4/c1-20-8-11-25(16-21(20)2)35-18-28(22-9-14-26(38-3)15-10-22)32-31(35)33-29(36)19-34(24-12-13-24)30(37)23-6-5-7-27(17-23)39-4/h5-11,14-18,24H,12-13,19H2,1-4H3,(H,32,33,36). The van der Waals surface area contributed by atoms with E-state index in [1.165, 1.54) is 5.56 Å². The first-order chi connectivity index (χ1) is 18.9. The van der Waals surface area contributed by atoms with Crippen LogP contribution in [0.25, 0.3) is 16.9 Å². The molecule has 0 bridgehead atoms. The molecule has 1 aliphatic rings. The summed E-state index contributed by atoms with van der Waals surface area (Å²) in [7, 11) is 3.19. The fourth-order valence-corrected chi connectivity index (χ4v) is 4.44. The van der Waals surface area contributed by atoms with Crippen LogP contribution < -0.4 is 14.8 Å². The number of nitrogens with zero attached hydrogens (tertiary/aromatic N) is 3. The summed E-state index contributed by atoms with van der Waals surface area (Å²) in [4.78, 5) is 33.1. The number of carbonyl (C=O) groups is 2. The van der Waals surface area contributed by atoms with E-state index >= 15 is 0 Å². The van der Waals surface area contributed by atoms with Crippen LogP contribution in [0.4, 0.5) is 5.95 Å². The van der Waals surface area contributed by atoms with Gasteiger partial charge in [0.25, 0.3) is 5.91 Å². The number of hydrogen-bond acceptors (Lipinski definition) is 5. The molecular weight excluding hydrogens is 492 g/mol. The maximum atomic E-state index is 13.3. The van der Waals surface area contributed by atoms with E-state index in [-0.39, 0.29) is 24.4 Å². The molecule has 200 valence electrons. The molecule has 1 aliphatic carbocycles. The number of aryl methyl sites for hydroxylation is 2. The molecule has 1 aromatic heterocycles. The second-order valence-corrected chi connectivity index (χ2v) is 9.76. The summed E-state index contributed by atoms with van der Waals surface area (Å²) in [6.07, 6.45) is 3.66. The summed E-state index contributed by atoms with van der Waals surface area (Å²) >= 11 is 0. The van der Waals surface area contributed by atoms with Crippen molar-refractivity contribution in [3.8, 4) is 28.4 Å². The molecule has 0 saturated heterocycles. The second kappa shape index (κ2) is 11.0. The van der Waals surface area contributed by atoms with Gasteiger partial charge in [0.2, 0.25) is 11.9 Å². The molecule has 4 aromatic rings. The third kappa shape index (κ3) is 5.80. The van der Waals surface area contributed by atoms with Crippen molar-refractivity contribution in [1.82, 2.24) is 14.5 Å². The Morgan fingerprint density at radius 2 is 1.69 bits per heavy atom. The normalized spacial score (nSPS) is 12.6. The Labute approximate surface area is 228 Å². The molecule has 8 nitrogen and oxygen atoms in total. The van der Waals surface area contributed by atoms with Gasteiger partial charge in [-0.05, 0) is 92.4 Å². The van der Waals surface area contributed by atoms with E-state index in [9.17, 15) is 9.59 Å². The molecule has 5 rings (SSSR count). The molecule has 1 N–H and O–H groups in total. The predicted molar refractivity (Wildman–Crippen MR) is 151 cm³/mol. The average molecular weight is 525 g/mol. The minimum atomic E-state index is -0.310. The van der Waals surface area contributed by atoms with Crippen molar-refractivity contribution in [2.45, 2.75) is 32.7 Å². The number of methoxy groups -OCH3 is 2. The van der Waals surface area contributed by atoms with Gasteiger partial charge in [-0.2, -0.15) is 0 Å². The number of rotatable bonds is 9. The van der Waals surface area contributed by atoms with Crippen LogP contribution in [0, 0.1) is 13.8 Å². The highest BCUT2D eigenvalue weighted by molar-refractivity contribution is 5.99. The van der Waals surface area contributed by atoms with Gasteiger partial charge in [0.05, 0.1) is 19.9 Å². The predicted octanol–water partition coefficient (Wildman–Crippen LogP) is 5.42. The van der Waals surface area contributed by atoms with Gasteiger partial charge in [-0.15, -0.1) is 0 Å². The van der Waals surface area contributed by atoms with Crippen LogP contribution in [-0.4, -0.2) is 53.1 Å². The minimum absolute atomic E-state index is 0.0452. The summed E-state index contributed by atoms with van der Waals surface area (Å²) in [5, 5.41) is 2.97. The highest BCUT2D eigenvalue weighted by Crippen LogP contribution is 2.30. The Hall–Kier alpha value is -4.59. The molecule has 2 amide bonds. The number of nitrogens with one attached hydrogen (secondary N) is 1. The number of amides is 2. The van der Waals surface area contributed by atoms with Gasteiger partial charge >= 0.3 is 0 Å². The third-order valence-electron chi connectivity index (χ3n) is 6.99. The number of benzene rings is 3. The molecule has 0 radical (unpaired) electrons. The third-order valence-corrected chi connectivity index (χ3v) is 6.99. The molecule has 1 saturated carbocycles. The maximum Gasteiger partial charge on any atom is 0.254 e. The molecule has 39 heavy (non-hydrogen) atoms. The molecule has 0 unspecified atom stereocenters. The molecule has 1 fully saturated rings. The second-order valence-electron chi connectivity index (χ2n) is 9.76. The van der Waals surface area contributed by atoms with Gasteiger partial charge in [0.15, 0.2) is 0 Å². The highest BCUT2D eigenvalue weighted by atomic mass is 16.5. The number of carbonyl (C=O) groups excluding carboxylic acids is 2. The van der Waals surface area contributed by atoms with Gasteiger partial charge in [0, 0.05) is 29.1 Å². The first-order valence-electron chi connectivity index (χ1n) is 12.9. The van der Waals surface area contributed by atoms with Crippen LogP contribution in [-0.2, 0) is 4.79 Å². The van der Waals surface area contributed by atoms with Gasteiger partial charge in [-0.1, -0.05) is 12.1 Å². The first-order valence-corrected chi connectivity index (χ1v) is 12.9. The number of hydrogen-bond donors (Lipinski definition) is 1. The minimum Gasteiger partial charge on any atom is -0.497 e. The van der Waals surface area contributed by atoms with Crippen molar-refractivity contribution >= 4 is 17.8 Å². The molecule has 1 heterocycles. The van der Waals surface area contributed by atoms with Crippen molar-refractivity contribution in [2.75, 3.05) is 26.1 Å². The van der Waals surface area contributed by atoms with Gasteiger partial charge in [0.1, 0.15) is 18.0 Å². The number of ether oxygens (including phenoxy) is 2. The smallest absolute Gasteiger partial charge is 0.254 e. The number of imidazole rings is 1. The molecule has 3 aromatic carbocycles. The van der Waals surface area contributed by atoms with Crippen LogP contribution >= 0.6 is 0 Å². The van der Waals surface area contributed by atoms with Crippen molar-refractivity contribution in [1.29, 1.82) is 0 Å². The van der Waals surface area contributed by atoms with Crippen molar-refractivity contribution in [2.24, 2.45) is 0 Å². The Kier molecular flexibility index (Phi) is 7.36.